The molecule has 21 heavy (non-hydrogen) atoms. The van der Waals surface area contributed by atoms with E-state index in [1.54, 1.807) is 19.2 Å². The molecule has 0 fully saturated rings. The van der Waals surface area contributed by atoms with E-state index in [2.05, 4.69) is 15.0 Å². The molecule has 0 unspecified atom stereocenters. The third-order valence-electron chi connectivity index (χ3n) is 3.06. The maximum absolute atomic E-state index is 13.4. The summed E-state index contributed by atoms with van der Waals surface area (Å²) in [5, 5.41) is 0.740. The Morgan fingerprint density at radius 3 is 2.71 bits per heavy atom. The highest BCUT2D eigenvalue weighted by molar-refractivity contribution is 7.15. The summed E-state index contributed by atoms with van der Waals surface area (Å²) in [6.45, 7) is 3.73. The van der Waals surface area contributed by atoms with Crippen molar-refractivity contribution in [2.75, 3.05) is 5.73 Å². The molecule has 0 aliphatic carbocycles. The number of nitrogens with two attached hydrogens (primary N) is 1. The third kappa shape index (κ3) is 2.62. The molecular weight excluding hydrogens is 287 g/mol. The Morgan fingerprint density at radius 1 is 1.19 bits per heavy atom. The molecule has 2 heterocycles. The smallest absolute Gasteiger partial charge is 0.137 e. The minimum atomic E-state index is -0.278. The Bertz CT molecular complexity index is 813. The van der Waals surface area contributed by atoms with Gasteiger partial charge in [-0.2, -0.15) is 0 Å². The third-order valence-corrected chi connectivity index (χ3v) is 4.07. The van der Waals surface area contributed by atoms with E-state index in [4.69, 9.17) is 5.73 Å². The van der Waals surface area contributed by atoms with Crippen LogP contribution in [0.1, 0.15) is 10.7 Å². The SMILES string of the molecule is Cc1ncc(-c2nc(-c3cccc(F)c3)c(C)s2)c(N)n1. The summed E-state index contributed by atoms with van der Waals surface area (Å²) >= 11 is 1.49. The summed E-state index contributed by atoms with van der Waals surface area (Å²) in [7, 11) is 0. The fourth-order valence-electron chi connectivity index (χ4n) is 2.07. The van der Waals surface area contributed by atoms with Crippen LogP contribution in [0.3, 0.4) is 0 Å². The van der Waals surface area contributed by atoms with Gasteiger partial charge >= 0.3 is 0 Å². The van der Waals surface area contributed by atoms with Gasteiger partial charge in [0.15, 0.2) is 0 Å². The Balaban J connectivity index is 2.09. The molecule has 6 heteroatoms. The maximum Gasteiger partial charge on any atom is 0.137 e. The zero-order valence-corrected chi connectivity index (χ0v) is 12.4. The minimum Gasteiger partial charge on any atom is -0.383 e. The fourth-order valence-corrected chi connectivity index (χ4v) is 3.02. The zero-order chi connectivity index (χ0) is 15.0. The van der Waals surface area contributed by atoms with Gasteiger partial charge in [-0.1, -0.05) is 12.1 Å². The van der Waals surface area contributed by atoms with E-state index in [1.807, 2.05) is 13.0 Å². The molecular formula is C15H13FN4S. The predicted octanol–water partition coefficient (Wildman–Crippen LogP) is 3.61. The van der Waals surface area contributed by atoms with Crippen molar-refractivity contribution in [2.24, 2.45) is 0 Å². The lowest BCUT2D eigenvalue weighted by atomic mass is 10.1. The summed E-state index contributed by atoms with van der Waals surface area (Å²) in [6.07, 6.45) is 1.67. The summed E-state index contributed by atoms with van der Waals surface area (Å²) in [4.78, 5) is 13.9. The summed E-state index contributed by atoms with van der Waals surface area (Å²) in [5.41, 5.74) is 8.15. The average molecular weight is 300 g/mol. The van der Waals surface area contributed by atoms with Gasteiger partial charge in [0.2, 0.25) is 0 Å². The number of thiazole rings is 1. The van der Waals surface area contributed by atoms with Gasteiger partial charge in [-0.05, 0) is 26.0 Å². The molecule has 3 aromatic rings. The number of aromatic nitrogens is 3. The molecule has 0 bridgehead atoms. The molecule has 0 aliphatic heterocycles. The molecule has 0 aliphatic rings. The van der Waals surface area contributed by atoms with Gasteiger partial charge in [-0.15, -0.1) is 11.3 Å². The molecule has 0 atom stereocenters. The van der Waals surface area contributed by atoms with Crippen LogP contribution < -0.4 is 5.73 Å². The van der Waals surface area contributed by atoms with Gasteiger partial charge in [0, 0.05) is 16.6 Å². The quantitative estimate of drug-likeness (QED) is 0.785. The Kier molecular flexibility index (Phi) is 3.39. The number of halogens is 1. The molecule has 0 radical (unpaired) electrons. The molecule has 0 saturated heterocycles. The number of aryl methyl sites for hydroxylation is 2. The Morgan fingerprint density at radius 2 is 2.00 bits per heavy atom. The van der Waals surface area contributed by atoms with Crippen LogP contribution in [0.4, 0.5) is 10.2 Å². The zero-order valence-electron chi connectivity index (χ0n) is 11.6. The van der Waals surface area contributed by atoms with Gasteiger partial charge in [-0.3, -0.25) is 0 Å². The number of hydrogen-bond donors (Lipinski definition) is 1. The lowest BCUT2D eigenvalue weighted by Gasteiger charge is -2.01. The molecule has 106 valence electrons. The monoisotopic (exact) mass is 300 g/mol. The van der Waals surface area contributed by atoms with Crippen molar-refractivity contribution in [3.63, 3.8) is 0 Å². The molecule has 1 aromatic carbocycles. The molecule has 0 spiro atoms. The van der Waals surface area contributed by atoms with Crippen molar-refractivity contribution in [1.29, 1.82) is 0 Å². The van der Waals surface area contributed by atoms with Crippen molar-refractivity contribution in [3.8, 4) is 21.8 Å². The molecule has 4 nitrogen and oxygen atoms in total. The van der Waals surface area contributed by atoms with E-state index in [0.717, 1.165) is 21.1 Å². The highest BCUT2D eigenvalue weighted by Crippen LogP contribution is 2.34. The lowest BCUT2D eigenvalue weighted by molar-refractivity contribution is 0.628. The van der Waals surface area contributed by atoms with E-state index >= 15 is 0 Å². The van der Waals surface area contributed by atoms with Gasteiger partial charge in [0.05, 0.1) is 11.3 Å². The van der Waals surface area contributed by atoms with Crippen LogP contribution in [0.5, 0.6) is 0 Å². The van der Waals surface area contributed by atoms with Crippen molar-refractivity contribution in [3.05, 3.63) is 47.0 Å². The number of rotatable bonds is 2. The molecule has 0 saturated carbocycles. The second kappa shape index (κ2) is 5.21. The van der Waals surface area contributed by atoms with E-state index in [1.165, 1.54) is 23.5 Å². The summed E-state index contributed by atoms with van der Waals surface area (Å²) in [6, 6.07) is 6.40. The van der Waals surface area contributed by atoms with Gasteiger partial charge in [0.1, 0.15) is 22.5 Å². The van der Waals surface area contributed by atoms with E-state index in [9.17, 15) is 4.39 Å². The first kappa shape index (κ1) is 13.6. The minimum absolute atomic E-state index is 0.278. The number of nitrogens with zero attached hydrogens (tertiary/aromatic N) is 3. The van der Waals surface area contributed by atoms with Crippen LogP contribution in [0, 0.1) is 19.7 Å². The van der Waals surface area contributed by atoms with Crippen LogP contribution in [0.2, 0.25) is 0 Å². The second-order valence-corrected chi connectivity index (χ2v) is 5.85. The fraction of sp³-hybridized carbons (Fsp3) is 0.133. The second-order valence-electron chi connectivity index (χ2n) is 4.65. The highest BCUT2D eigenvalue weighted by Gasteiger charge is 2.14. The van der Waals surface area contributed by atoms with Gasteiger partial charge in [0.25, 0.3) is 0 Å². The van der Waals surface area contributed by atoms with Crippen LogP contribution in [-0.2, 0) is 0 Å². The maximum atomic E-state index is 13.4. The van der Waals surface area contributed by atoms with E-state index in [0.29, 0.717) is 17.2 Å². The average Bonchev–Trinajstić information content (AvgIpc) is 2.80. The van der Waals surface area contributed by atoms with Gasteiger partial charge in [-0.25, -0.2) is 19.3 Å². The first-order chi connectivity index (χ1) is 10.0. The highest BCUT2D eigenvalue weighted by atomic mass is 32.1. The van der Waals surface area contributed by atoms with E-state index < -0.39 is 0 Å². The number of hydrogen-bond acceptors (Lipinski definition) is 5. The molecule has 3 rings (SSSR count). The molecule has 2 aromatic heterocycles. The molecule has 0 amide bonds. The number of nitrogen functional groups attached to an aromatic ring is 1. The summed E-state index contributed by atoms with van der Waals surface area (Å²) < 4.78 is 13.4. The lowest BCUT2D eigenvalue weighted by Crippen LogP contribution is -1.98. The predicted molar refractivity (Wildman–Crippen MR) is 82.4 cm³/mol. The largest absolute Gasteiger partial charge is 0.383 e. The Labute approximate surface area is 125 Å². The van der Waals surface area contributed by atoms with Crippen LogP contribution in [0.15, 0.2) is 30.5 Å². The summed E-state index contributed by atoms with van der Waals surface area (Å²) in [5.74, 6) is 0.747. The topological polar surface area (TPSA) is 64.7 Å². The van der Waals surface area contributed by atoms with Crippen molar-refractivity contribution in [2.45, 2.75) is 13.8 Å². The van der Waals surface area contributed by atoms with Crippen LogP contribution in [-0.4, -0.2) is 15.0 Å². The van der Waals surface area contributed by atoms with Crippen LogP contribution in [0.25, 0.3) is 21.8 Å². The number of benzene rings is 1. The Hall–Kier alpha value is -2.34. The standard InChI is InChI=1S/C15H13FN4S/c1-8-13(10-4-3-5-11(16)6-10)20-15(21-8)12-7-18-9(2)19-14(12)17/h3-7H,1-2H3,(H2,17,18,19). The first-order valence-corrected chi connectivity index (χ1v) is 7.19. The normalized spacial score (nSPS) is 10.8. The number of anilines is 1. The van der Waals surface area contributed by atoms with Crippen molar-refractivity contribution >= 4 is 17.2 Å². The van der Waals surface area contributed by atoms with Crippen molar-refractivity contribution < 1.29 is 4.39 Å². The van der Waals surface area contributed by atoms with Crippen molar-refractivity contribution in [1.82, 2.24) is 15.0 Å². The van der Waals surface area contributed by atoms with Crippen LogP contribution >= 0.6 is 11.3 Å². The molecule has 2 N–H and O–H groups in total. The van der Waals surface area contributed by atoms with Gasteiger partial charge < -0.3 is 5.73 Å². The van der Waals surface area contributed by atoms with E-state index in [-0.39, 0.29) is 5.82 Å². The first-order valence-electron chi connectivity index (χ1n) is 6.37.